The van der Waals surface area contributed by atoms with Gasteiger partial charge in [0.1, 0.15) is 18.8 Å². The standard InChI is InChI=1S/C59H92O12/c1-4-7-10-13-16-19-22-24-25-26-27-29-32-35-38-41-44-47-53(62)70-57-55(64)54(63)56(58(65)66)71-59(57)68-49-50(69-52(61)46-43-40-37-34-30-21-18-15-12-9-6-3)48-67-51(60)45-42-39-36-33-31-28-23-20-17-14-11-8-5-2/h7-8,10-11,15-20,24-25,27-29,31,35,38,50,54-57,59,63-64H,4-6,9,12-14,21-23,26,30,32-34,36-37,39-49H2,1-3H3,(H,65,66)/b10-7-,11-8-,18-15-,19-16-,20-17-,25-24-,29-27-,31-28-,38-35-. The van der Waals surface area contributed by atoms with Crippen molar-refractivity contribution in [2.24, 2.45) is 0 Å². The van der Waals surface area contributed by atoms with E-state index in [9.17, 15) is 34.5 Å². The van der Waals surface area contributed by atoms with Gasteiger partial charge in [-0.15, -0.1) is 0 Å². The number of esters is 3. The molecule has 0 amide bonds. The summed E-state index contributed by atoms with van der Waals surface area (Å²) in [5, 5.41) is 31.4. The van der Waals surface area contributed by atoms with Gasteiger partial charge in [-0.25, -0.2) is 4.79 Å². The lowest BCUT2D eigenvalue weighted by atomic mass is 9.98. The molecule has 1 heterocycles. The molecule has 0 radical (unpaired) electrons. The number of carbonyl (C=O) groups excluding carboxylic acids is 3. The maximum Gasteiger partial charge on any atom is 0.335 e. The Morgan fingerprint density at radius 1 is 0.479 bits per heavy atom. The Morgan fingerprint density at radius 2 is 0.901 bits per heavy atom. The van der Waals surface area contributed by atoms with Crippen LogP contribution in [0.4, 0.5) is 0 Å². The maximum absolute atomic E-state index is 13.1. The van der Waals surface area contributed by atoms with Gasteiger partial charge in [-0.3, -0.25) is 14.4 Å². The fraction of sp³-hybridized carbons (Fsp3) is 0.627. The van der Waals surface area contributed by atoms with Crippen molar-refractivity contribution >= 4 is 23.9 Å². The smallest absolute Gasteiger partial charge is 0.335 e. The fourth-order valence-corrected chi connectivity index (χ4v) is 7.22. The van der Waals surface area contributed by atoms with Gasteiger partial charge in [0.25, 0.3) is 0 Å². The molecule has 0 aromatic rings. The first-order chi connectivity index (χ1) is 34.6. The molecule has 71 heavy (non-hydrogen) atoms. The lowest BCUT2D eigenvalue weighted by molar-refractivity contribution is -0.301. The third-order valence-electron chi connectivity index (χ3n) is 11.3. The number of rotatable bonds is 43. The molecular formula is C59H92O12. The van der Waals surface area contributed by atoms with Gasteiger partial charge in [0.2, 0.25) is 0 Å². The molecule has 0 aliphatic carbocycles. The van der Waals surface area contributed by atoms with Crippen LogP contribution in [0.3, 0.4) is 0 Å². The molecule has 12 heteroatoms. The van der Waals surface area contributed by atoms with Crippen molar-refractivity contribution in [2.75, 3.05) is 13.2 Å². The monoisotopic (exact) mass is 993 g/mol. The third kappa shape index (κ3) is 36.9. The second kappa shape index (κ2) is 46.5. The summed E-state index contributed by atoms with van der Waals surface area (Å²) in [6.45, 7) is 5.63. The predicted octanol–water partition coefficient (Wildman–Crippen LogP) is 13.1. The quantitative estimate of drug-likeness (QED) is 0.0229. The van der Waals surface area contributed by atoms with Crippen molar-refractivity contribution in [1.29, 1.82) is 0 Å². The summed E-state index contributed by atoms with van der Waals surface area (Å²) in [6.07, 6.45) is 49.4. The average Bonchev–Trinajstić information content (AvgIpc) is 3.35. The van der Waals surface area contributed by atoms with E-state index in [1.54, 1.807) is 0 Å². The van der Waals surface area contributed by atoms with Crippen LogP contribution >= 0.6 is 0 Å². The van der Waals surface area contributed by atoms with Crippen LogP contribution in [0, 0.1) is 0 Å². The summed E-state index contributed by atoms with van der Waals surface area (Å²) < 4.78 is 28.2. The highest BCUT2D eigenvalue weighted by Crippen LogP contribution is 2.26. The van der Waals surface area contributed by atoms with Crippen LogP contribution in [0.15, 0.2) is 109 Å². The summed E-state index contributed by atoms with van der Waals surface area (Å²) in [5.74, 6) is -3.27. The van der Waals surface area contributed by atoms with Crippen LogP contribution in [0.2, 0.25) is 0 Å². The van der Waals surface area contributed by atoms with E-state index in [1.807, 2.05) is 12.2 Å². The Labute approximate surface area is 427 Å². The number of carboxylic acid groups (broad SMARTS) is 1. The van der Waals surface area contributed by atoms with Crippen molar-refractivity contribution in [3.8, 4) is 0 Å². The molecule has 3 N–H and O–H groups in total. The zero-order valence-electron chi connectivity index (χ0n) is 43.7. The minimum absolute atomic E-state index is 0.0271. The Bertz CT molecular complexity index is 1650. The lowest BCUT2D eigenvalue weighted by Gasteiger charge is -2.40. The van der Waals surface area contributed by atoms with Gasteiger partial charge in [-0.1, -0.05) is 169 Å². The average molecular weight is 993 g/mol. The van der Waals surface area contributed by atoms with Crippen molar-refractivity contribution in [3.05, 3.63) is 109 Å². The normalized spacial score (nSPS) is 19.4. The molecule has 1 aliphatic heterocycles. The van der Waals surface area contributed by atoms with Crippen LogP contribution in [-0.2, 0) is 42.9 Å². The minimum Gasteiger partial charge on any atom is -0.479 e. The van der Waals surface area contributed by atoms with E-state index in [4.69, 9.17) is 23.7 Å². The van der Waals surface area contributed by atoms with Crippen molar-refractivity contribution in [3.63, 3.8) is 0 Å². The van der Waals surface area contributed by atoms with E-state index < -0.39 is 67.3 Å². The molecule has 0 aromatic heterocycles. The number of carbonyl (C=O) groups is 4. The Balaban J connectivity index is 2.78. The van der Waals surface area contributed by atoms with E-state index in [-0.39, 0.29) is 25.9 Å². The molecule has 0 saturated carbocycles. The highest BCUT2D eigenvalue weighted by molar-refractivity contribution is 5.74. The largest absolute Gasteiger partial charge is 0.479 e. The third-order valence-corrected chi connectivity index (χ3v) is 11.3. The van der Waals surface area contributed by atoms with E-state index in [0.717, 1.165) is 109 Å². The second-order valence-corrected chi connectivity index (χ2v) is 17.7. The first-order valence-electron chi connectivity index (χ1n) is 26.9. The van der Waals surface area contributed by atoms with Gasteiger partial charge < -0.3 is 39.0 Å². The van der Waals surface area contributed by atoms with Gasteiger partial charge in [-0.2, -0.15) is 0 Å². The minimum atomic E-state index is -1.93. The summed E-state index contributed by atoms with van der Waals surface area (Å²) >= 11 is 0. The number of aliphatic hydroxyl groups excluding tert-OH is 2. The molecule has 0 aromatic carbocycles. The van der Waals surface area contributed by atoms with Crippen LogP contribution in [0.25, 0.3) is 0 Å². The maximum atomic E-state index is 13.1. The first-order valence-corrected chi connectivity index (χ1v) is 26.9. The second-order valence-electron chi connectivity index (χ2n) is 17.7. The van der Waals surface area contributed by atoms with Crippen molar-refractivity contribution < 1.29 is 58.2 Å². The zero-order valence-corrected chi connectivity index (χ0v) is 43.7. The van der Waals surface area contributed by atoms with Gasteiger partial charge in [0.05, 0.1) is 6.61 Å². The van der Waals surface area contributed by atoms with Crippen LogP contribution in [0.5, 0.6) is 0 Å². The Kier molecular flexibility index (Phi) is 42.1. The molecule has 400 valence electrons. The fourth-order valence-electron chi connectivity index (χ4n) is 7.22. The lowest BCUT2D eigenvalue weighted by Crippen LogP contribution is -2.61. The molecule has 12 nitrogen and oxygen atoms in total. The van der Waals surface area contributed by atoms with Crippen molar-refractivity contribution in [2.45, 2.75) is 225 Å². The molecule has 1 fully saturated rings. The van der Waals surface area contributed by atoms with Gasteiger partial charge >= 0.3 is 23.9 Å². The molecule has 1 aliphatic rings. The van der Waals surface area contributed by atoms with Gasteiger partial charge in [-0.05, 0) is 109 Å². The number of aliphatic carboxylic acids is 1. The summed E-state index contributed by atoms with van der Waals surface area (Å²) in [4.78, 5) is 50.9. The topological polar surface area (TPSA) is 175 Å². The number of hydrogen-bond donors (Lipinski definition) is 3. The number of carboxylic acids is 1. The molecule has 1 rings (SSSR count). The van der Waals surface area contributed by atoms with Crippen molar-refractivity contribution in [1.82, 2.24) is 0 Å². The van der Waals surface area contributed by atoms with Gasteiger partial charge in [0.15, 0.2) is 24.6 Å². The van der Waals surface area contributed by atoms with E-state index in [1.165, 1.54) is 12.8 Å². The SMILES string of the molecule is CC/C=C\C/C=C\C/C=C\C/C=C\C/C=C\CCCC(=O)OC1C(OCC(COC(=O)CCCCC/C=C\C/C=C\C/C=C\CC)OC(=O)CCCCCCC/C=C\CCCC)OC(C(=O)O)C(O)C1O. The number of allylic oxidation sites excluding steroid dienone is 18. The molecule has 6 atom stereocenters. The summed E-state index contributed by atoms with van der Waals surface area (Å²) in [7, 11) is 0. The molecule has 6 unspecified atom stereocenters. The predicted molar refractivity (Wildman–Crippen MR) is 284 cm³/mol. The van der Waals surface area contributed by atoms with Gasteiger partial charge in [0, 0.05) is 19.3 Å². The van der Waals surface area contributed by atoms with Crippen LogP contribution in [-0.4, -0.2) is 89.2 Å². The highest BCUT2D eigenvalue weighted by atomic mass is 16.7. The summed E-state index contributed by atoms with van der Waals surface area (Å²) in [6, 6.07) is 0. The number of unbranched alkanes of at least 4 members (excludes halogenated alkanes) is 11. The van der Waals surface area contributed by atoms with E-state index in [2.05, 4.69) is 118 Å². The molecule has 0 bridgehead atoms. The number of ether oxygens (including phenoxy) is 5. The van der Waals surface area contributed by atoms with E-state index >= 15 is 0 Å². The molecule has 1 saturated heterocycles. The number of hydrogen-bond acceptors (Lipinski definition) is 11. The molecular weight excluding hydrogens is 901 g/mol. The highest BCUT2D eigenvalue weighted by Gasteiger charge is 2.50. The zero-order chi connectivity index (χ0) is 51.8. The van der Waals surface area contributed by atoms with Crippen LogP contribution < -0.4 is 0 Å². The Hall–Kier alpha value is -4.62. The first kappa shape index (κ1) is 64.4. The van der Waals surface area contributed by atoms with E-state index in [0.29, 0.717) is 25.7 Å². The molecule has 0 spiro atoms. The van der Waals surface area contributed by atoms with Crippen LogP contribution in [0.1, 0.15) is 188 Å². The Morgan fingerprint density at radius 3 is 1.42 bits per heavy atom. The number of aliphatic hydroxyl groups is 2. The summed E-state index contributed by atoms with van der Waals surface area (Å²) in [5.41, 5.74) is 0.